The smallest absolute Gasteiger partial charge is 0.257 e. The van der Waals surface area contributed by atoms with Gasteiger partial charge in [0.05, 0.1) is 13.2 Å². The lowest BCUT2D eigenvalue weighted by atomic mass is 10.1. The maximum absolute atomic E-state index is 12.8. The molecule has 2 N–H and O–H groups in total. The van der Waals surface area contributed by atoms with Crippen molar-refractivity contribution in [3.05, 3.63) is 58.1 Å². The van der Waals surface area contributed by atoms with Crippen molar-refractivity contribution in [1.82, 2.24) is 19.4 Å². The van der Waals surface area contributed by atoms with E-state index in [1.165, 1.54) is 0 Å². The van der Waals surface area contributed by atoms with Gasteiger partial charge in [0.15, 0.2) is 6.17 Å². The van der Waals surface area contributed by atoms with Crippen LogP contribution in [-0.4, -0.2) is 51.7 Å². The van der Waals surface area contributed by atoms with E-state index in [4.69, 9.17) is 9.73 Å². The zero-order valence-electron chi connectivity index (χ0n) is 15.0. The van der Waals surface area contributed by atoms with Crippen molar-refractivity contribution in [3.8, 4) is 0 Å². The molecule has 5 rings (SSSR count). The van der Waals surface area contributed by atoms with E-state index in [9.17, 15) is 4.79 Å². The molecule has 3 aromatic rings. The monoisotopic (exact) mass is 364 g/mol. The maximum Gasteiger partial charge on any atom is 0.257 e. The number of aliphatic imine (C=N–C) groups is 1. The van der Waals surface area contributed by atoms with Gasteiger partial charge in [-0.05, 0) is 13.0 Å². The lowest BCUT2D eigenvalue weighted by Crippen LogP contribution is -2.47. The van der Waals surface area contributed by atoms with Gasteiger partial charge >= 0.3 is 0 Å². The summed E-state index contributed by atoms with van der Waals surface area (Å²) in [5.74, 6) is 1.25. The number of anilines is 1. The van der Waals surface area contributed by atoms with Crippen molar-refractivity contribution < 1.29 is 4.74 Å². The van der Waals surface area contributed by atoms with Crippen LogP contribution in [0.2, 0.25) is 0 Å². The number of hydrogen-bond acceptors (Lipinski definition) is 6. The average Bonchev–Trinajstić information content (AvgIpc) is 3.11. The predicted molar refractivity (Wildman–Crippen MR) is 103 cm³/mol. The van der Waals surface area contributed by atoms with E-state index in [0.717, 1.165) is 35.5 Å². The molecule has 2 aliphatic heterocycles. The first-order valence-corrected chi connectivity index (χ1v) is 9.04. The molecular weight excluding hydrogens is 344 g/mol. The van der Waals surface area contributed by atoms with Crippen LogP contribution in [-0.2, 0) is 4.74 Å². The molecule has 1 atom stereocenters. The van der Waals surface area contributed by atoms with E-state index in [0.29, 0.717) is 24.9 Å². The molecule has 1 fully saturated rings. The number of hydrogen-bond donors (Lipinski definition) is 2. The van der Waals surface area contributed by atoms with Crippen LogP contribution < -0.4 is 10.9 Å². The summed E-state index contributed by atoms with van der Waals surface area (Å²) in [7, 11) is 0. The molecule has 0 radical (unpaired) electrons. The summed E-state index contributed by atoms with van der Waals surface area (Å²) in [5.41, 5.74) is 2.53. The third-order valence-electron chi connectivity index (χ3n) is 5.00. The molecule has 0 spiro atoms. The van der Waals surface area contributed by atoms with Crippen LogP contribution in [0.5, 0.6) is 0 Å². The Morgan fingerprint density at radius 3 is 2.89 bits per heavy atom. The molecule has 2 aromatic heterocycles. The third kappa shape index (κ3) is 2.69. The Morgan fingerprint density at radius 1 is 1.22 bits per heavy atom. The molecule has 1 unspecified atom stereocenters. The van der Waals surface area contributed by atoms with Gasteiger partial charge in [0.25, 0.3) is 5.56 Å². The Kier molecular flexibility index (Phi) is 3.71. The molecule has 138 valence electrons. The van der Waals surface area contributed by atoms with Crippen LogP contribution in [0.25, 0.3) is 10.9 Å². The van der Waals surface area contributed by atoms with E-state index < -0.39 is 6.17 Å². The van der Waals surface area contributed by atoms with Gasteiger partial charge in [0.1, 0.15) is 0 Å². The van der Waals surface area contributed by atoms with Crippen molar-refractivity contribution in [2.24, 2.45) is 4.99 Å². The topological polar surface area (TPSA) is 87.5 Å². The molecule has 1 aromatic carbocycles. The van der Waals surface area contributed by atoms with Gasteiger partial charge in [-0.2, -0.15) is 0 Å². The number of rotatable bonds is 1. The fraction of sp³-hybridized carbons (Fsp3) is 0.316. The molecule has 0 saturated carbocycles. The summed E-state index contributed by atoms with van der Waals surface area (Å²) in [5, 5.41) is 4.30. The number of aromatic amines is 1. The van der Waals surface area contributed by atoms with Crippen LogP contribution >= 0.6 is 0 Å². The Balaban J connectivity index is 1.69. The Hall–Kier alpha value is -3.13. The number of ether oxygens (including phenoxy) is 1. The first-order valence-electron chi connectivity index (χ1n) is 9.04. The van der Waals surface area contributed by atoms with E-state index >= 15 is 0 Å². The van der Waals surface area contributed by atoms with Crippen molar-refractivity contribution in [1.29, 1.82) is 0 Å². The molecular formula is C19H20N6O2. The van der Waals surface area contributed by atoms with Crippen LogP contribution in [0, 0.1) is 6.92 Å². The Morgan fingerprint density at radius 2 is 2.04 bits per heavy atom. The van der Waals surface area contributed by atoms with E-state index in [2.05, 4.69) is 20.2 Å². The number of guanidine groups is 1. The maximum atomic E-state index is 12.8. The Bertz CT molecular complexity index is 1090. The van der Waals surface area contributed by atoms with Crippen molar-refractivity contribution in [2.75, 3.05) is 31.6 Å². The van der Waals surface area contributed by atoms with Gasteiger partial charge < -0.3 is 14.6 Å². The van der Waals surface area contributed by atoms with Crippen molar-refractivity contribution >= 4 is 22.8 Å². The van der Waals surface area contributed by atoms with E-state index in [1.54, 1.807) is 10.6 Å². The second-order valence-corrected chi connectivity index (χ2v) is 6.77. The fourth-order valence-corrected chi connectivity index (χ4v) is 3.69. The zero-order chi connectivity index (χ0) is 18.4. The van der Waals surface area contributed by atoms with E-state index in [1.807, 2.05) is 37.4 Å². The number of morpholine rings is 1. The summed E-state index contributed by atoms with van der Waals surface area (Å²) in [6, 6.07) is 9.58. The highest BCUT2D eigenvalue weighted by atomic mass is 16.5. The second-order valence-electron chi connectivity index (χ2n) is 6.77. The van der Waals surface area contributed by atoms with Gasteiger partial charge in [0, 0.05) is 47.5 Å². The minimum Gasteiger partial charge on any atom is -0.378 e. The van der Waals surface area contributed by atoms with Gasteiger partial charge in [-0.15, -0.1) is 0 Å². The van der Waals surface area contributed by atoms with Gasteiger partial charge in [0.2, 0.25) is 11.9 Å². The Labute approximate surface area is 155 Å². The highest BCUT2D eigenvalue weighted by Gasteiger charge is 2.29. The molecule has 8 nitrogen and oxygen atoms in total. The van der Waals surface area contributed by atoms with Gasteiger partial charge in [-0.1, -0.05) is 18.2 Å². The number of fused-ring (bicyclic) bond motifs is 2. The molecule has 0 bridgehead atoms. The molecule has 2 aliphatic rings. The first kappa shape index (κ1) is 16.1. The number of H-pyrrole nitrogens is 1. The molecule has 4 heterocycles. The molecule has 27 heavy (non-hydrogen) atoms. The number of aryl methyl sites for hydroxylation is 1. The molecule has 8 heteroatoms. The van der Waals surface area contributed by atoms with Gasteiger partial charge in [-0.3, -0.25) is 14.7 Å². The number of nitrogens with one attached hydrogen (secondary N) is 2. The highest BCUT2D eigenvalue weighted by molar-refractivity contribution is 5.94. The zero-order valence-corrected chi connectivity index (χ0v) is 15.0. The quantitative estimate of drug-likeness (QED) is 0.686. The summed E-state index contributed by atoms with van der Waals surface area (Å²) in [4.78, 5) is 27.7. The van der Waals surface area contributed by atoms with Crippen LogP contribution in [0.1, 0.15) is 17.4 Å². The minimum atomic E-state index is -0.476. The normalized spacial score (nSPS) is 19.5. The van der Waals surface area contributed by atoms with Crippen LogP contribution in [0.15, 0.2) is 46.3 Å². The summed E-state index contributed by atoms with van der Waals surface area (Å²) < 4.78 is 7.07. The number of aromatic nitrogens is 3. The minimum absolute atomic E-state index is 0.120. The molecule has 1 saturated heterocycles. The number of benzene rings is 1. The number of para-hydroxylation sites is 1. The SMILES string of the molecule is Cc1cc(=O)n2c(n1)NC(N1CCOCC1)=NC2c1c[nH]c2ccccc12. The van der Waals surface area contributed by atoms with E-state index in [-0.39, 0.29) is 5.56 Å². The molecule has 0 amide bonds. The largest absolute Gasteiger partial charge is 0.378 e. The summed E-state index contributed by atoms with van der Waals surface area (Å²) in [6.07, 6.45) is 1.45. The van der Waals surface area contributed by atoms with Crippen molar-refractivity contribution in [3.63, 3.8) is 0 Å². The molecule has 0 aliphatic carbocycles. The first-order chi connectivity index (χ1) is 13.2. The van der Waals surface area contributed by atoms with Crippen molar-refractivity contribution in [2.45, 2.75) is 13.1 Å². The standard InChI is InChI=1S/C19H20N6O2/c1-12-10-16(26)25-17(14-11-20-15-5-3-2-4-13(14)15)22-18(23-19(25)21-12)24-6-8-27-9-7-24/h2-5,10-11,17,20H,6-9H2,1H3,(H,21,22,23). The fourth-order valence-electron chi connectivity index (χ4n) is 3.69. The number of nitrogens with zero attached hydrogens (tertiary/aromatic N) is 4. The van der Waals surface area contributed by atoms with Crippen LogP contribution in [0.3, 0.4) is 0 Å². The highest BCUT2D eigenvalue weighted by Crippen LogP contribution is 2.31. The predicted octanol–water partition coefficient (Wildman–Crippen LogP) is 1.69. The summed E-state index contributed by atoms with van der Waals surface area (Å²) >= 11 is 0. The summed E-state index contributed by atoms with van der Waals surface area (Å²) in [6.45, 7) is 4.65. The van der Waals surface area contributed by atoms with Gasteiger partial charge in [-0.25, -0.2) is 9.98 Å². The lowest BCUT2D eigenvalue weighted by molar-refractivity contribution is 0.0675. The average molecular weight is 364 g/mol. The lowest BCUT2D eigenvalue weighted by Gasteiger charge is -2.34. The third-order valence-corrected chi connectivity index (χ3v) is 5.00. The van der Waals surface area contributed by atoms with Crippen LogP contribution in [0.4, 0.5) is 5.95 Å². The second kappa shape index (κ2) is 6.24.